The molecule has 152 valence electrons. The van der Waals surface area contributed by atoms with E-state index in [1.165, 1.54) is 11.8 Å². The van der Waals surface area contributed by atoms with E-state index in [0.717, 1.165) is 0 Å². The highest BCUT2D eigenvalue weighted by molar-refractivity contribution is 8.00. The summed E-state index contributed by atoms with van der Waals surface area (Å²) in [5, 5.41) is 13.5. The van der Waals surface area contributed by atoms with Crippen LogP contribution in [0.25, 0.3) is 11.6 Å². The van der Waals surface area contributed by atoms with E-state index < -0.39 is 17.2 Å². The number of nitrogens with zero attached hydrogens (tertiary/aromatic N) is 3. The summed E-state index contributed by atoms with van der Waals surface area (Å²) in [6.07, 6.45) is 1.58. The molecule has 9 heteroatoms. The molecule has 29 heavy (non-hydrogen) atoms. The van der Waals surface area contributed by atoms with Crippen LogP contribution >= 0.6 is 11.8 Å². The number of hydrogen-bond donors (Lipinski definition) is 2. The zero-order valence-electron chi connectivity index (χ0n) is 16.5. The molecule has 0 fully saturated rings. The summed E-state index contributed by atoms with van der Waals surface area (Å²) in [5.41, 5.74) is 0.609. The van der Waals surface area contributed by atoms with Gasteiger partial charge in [0, 0.05) is 12.2 Å². The van der Waals surface area contributed by atoms with E-state index in [1.54, 1.807) is 43.5 Å². The van der Waals surface area contributed by atoms with Crippen molar-refractivity contribution in [2.75, 3.05) is 5.32 Å². The van der Waals surface area contributed by atoms with Crippen LogP contribution in [0.4, 0.5) is 10.5 Å². The summed E-state index contributed by atoms with van der Waals surface area (Å²) in [5.74, 6) is 1.16. The molecule has 0 saturated carbocycles. The molecule has 2 N–H and O–H groups in total. The minimum Gasteiger partial charge on any atom is -0.461 e. The van der Waals surface area contributed by atoms with E-state index in [9.17, 15) is 9.59 Å². The minimum absolute atomic E-state index is 0.347. The van der Waals surface area contributed by atoms with Crippen LogP contribution in [0.1, 0.15) is 20.8 Å². The third kappa shape index (κ3) is 5.47. The van der Waals surface area contributed by atoms with Gasteiger partial charge in [0.25, 0.3) is 0 Å². The molecule has 0 aliphatic carbocycles. The van der Waals surface area contributed by atoms with Gasteiger partial charge in [-0.05, 0) is 37.1 Å². The van der Waals surface area contributed by atoms with Gasteiger partial charge in [0.05, 0.1) is 11.5 Å². The first-order valence-corrected chi connectivity index (χ1v) is 10.1. The van der Waals surface area contributed by atoms with Crippen LogP contribution in [0.5, 0.6) is 0 Å². The molecule has 1 atom stereocenters. The Balaban J connectivity index is 1.67. The number of urea groups is 1. The number of nitrogens with one attached hydrogen (secondary N) is 2. The molecule has 0 aliphatic heterocycles. The Morgan fingerprint density at radius 2 is 1.86 bits per heavy atom. The zero-order valence-corrected chi connectivity index (χ0v) is 17.3. The third-order valence-corrected chi connectivity index (χ3v) is 5.01. The predicted molar refractivity (Wildman–Crippen MR) is 111 cm³/mol. The van der Waals surface area contributed by atoms with Crippen molar-refractivity contribution in [2.45, 2.75) is 37.7 Å². The molecule has 3 rings (SSSR count). The van der Waals surface area contributed by atoms with Gasteiger partial charge < -0.3 is 9.73 Å². The van der Waals surface area contributed by atoms with Crippen molar-refractivity contribution in [1.29, 1.82) is 0 Å². The highest BCUT2D eigenvalue weighted by Crippen LogP contribution is 2.28. The second-order valence-corrected chi connectivity index (χ2v) is 8.17. The summed E-state index contributed by atoms with van der Waals surface area (Å²) >= 11 is 1.24. The molecule has 3 aromatic rings. The number of rotatable bonds is 7. The maximum Gasteiger partial charge on any atom is 0.325 e. The molecule has 0 radical (unpaired) electrons. The highest BCUT2D eigenvalue weighted by Gasteiger charge is 2.23. The van der Waals surface area contributed by atoms with Crippen LogP contribution in [-0.2, 0) is 11.3 Å². The Labute approximate surface area is 173 Å². The smallest absolute Gasteiger partial charge is 0.325 e. The average Bonchev–Trinajstić information content (AvgIpc) is 3.32. The fraction of sp³-hybridized carbons (Fsp3) is 0.300. The lowest BCUT2D eigenvalue weighted by atomic mass is 10.2. The number of hydrogen-bond acceptors (Lipinski definition) is 6. The summed E-state index contributed by atoms with van der Waals surface area (Å²) in [6, 6.07) is 12.0. The standard InChI is InChI=1S/C20H23N5O3S/c1-13(2)12-25-17(16-10-7-11-28-16)23-24-20(25)29-14(3)18(26)22-19(27)21-15-8-5-4-6-9-15/h4-11,13-14H,12H2,1-3H3,(H2,21,22,26,27). The number of imide groups is 1. The van der Waals surface area contributed by atoms with E-state index in [0.29, 0.717) is 34.9 Å². The maximum atomic E-state index is 12.4. The van der Waals surface area contributed by atoms with Gasteiger partial charge in [0.2, 0.25) is 5.91 Å². The van der Waals surface area contributed by atoms with Crippen molar-refractivity contribution < 1.29 is 14.0 Å². The fourth-order valence-corrected chi connectivity index (χ4v) is 3.46. The molecule has 0 bridgehead atoms. The topological polar surface area (TPSA) is 102 Å². The van der Waals surface area contributed by atoms with Crippen molar-refractivity contribution in [2.24, 2.45) is 5.92 Å². The number of para-hydroxylation sites is 1. The van der Waals surface area contributed by atoms with Gasteiger partial charge in [-0.3, -0.25) is 14.7 Å². The molecule has 0 saturated heterocycles. The Morgan fingerprint density at radius 3 is 2.52 bits per heavy atom. The largest absolute Gasteiger partial charge is 0.461 e. The Kier molecular flexibility index (Phi) is 6.71. The number of carbonyl (C=O) groups excluding carboxylic acids is 2. The van der Waals surface area contributed by atoms with E-state index >= 15 is 0 Å². The van der Waals surface area contributed by atoms with E-state index in [-0.39, 0.29) is 0 Å². The van der Waals surface area contributed by atoms with Crippen LogP contribution < -0.4 is 10.6 Å². The molecular formula is C20H23N5O3S. The number of benzene rings is 1. The lowest BCUT2D eigenvalue weighted by molar-refractivity contribution is -0.119. The number of amides is 3. The van der Waals surface area contributed by atoms with Gasteiger partial charge in [0.15, 0.2) is 16.7 Å². The fourth-order valence-electron chi connectivity index (χ4n) is 2.60. The second-order valence-electron chi connectivity index (χ2n) is 6.86. The molecule has 0 aliphatic rings. The van der Waals surface area contributed by atoms with Gasteiger partial charge in [-0.15, -0.1) is 10.2 Å². The molecule has 1 aromatic carbocycles. The second kappa shape index (κ2) is 9.42. The number of aromatic nitrogens is 3. The van der Waals surface area contributed by atoms with Gasteiger partial charge >= 0.3 is 6.03 Å². The lowest BCUT2D eigenvalue weighted by Crippen LogP contribution is -2.39. The monoisotopic (exact) mass is 413 g/mol. The maximum absolute atomic E-state index is 12.4. The highest BCUT2D eigenvalue weighted by atomic mass is 32.2. The van der Waals surface area contributed by atoms with Crippen LogP contribution in [0.15, 0.2) is 58.3 Å². The number of anilines is 1. The predicted octanol–water partition coefficient (Wildman–Crippen LogP) is 4.02. The first-order valence-electron chi connectivity index (χ1n) is 9.24. The van der Waals surface area contributed by atoms with Crippen molar-refractivity contribution in [1.82, 2.24) is 20.1 Å². The number of furan rings is 1. The van der Waals surface area contributed by atoms with E-state index in [1.807, 2.05) is 16.7 Å². The molecule has 2 aromatic heterocycles. The van der Waals surface area contributed by atoms with Gasteiger partial charge in [-0.25, -0.2) is 4.79 Å². The molecule has 0 spiro atoms. The summed E-state index contributed by atoms with van der Waals surface area (Å²) < 4.78 is 7.38. The van der Waals surface area contributed by atoms with E-state index in [4.69, 9.17) is 4.42 Å². The first kappa shape index (κ1) is 20.7. The number of carbonyl (C=O) groups is 2. The van der Waals surface area contributed by atoms with Crippen molar-refractivity contribution in [3.63, 3.8) is 0 Å². The van der Waals surface area contributed by atoms with E-state index in [2.05, 4.69) is 34.7 Å². The van der Waals surface area contributed by atoms with Gasteiger partial charge in [-0.2, -0.15) is 0 Å². The Morgan fingerprint density at radius 1 is 1.10 bits per heavy atom. The van der Waals surface area contributed by atoms with Crippen LogP contribution in [0.3, 0.4) is 0 Å². The molecule has 1 unspecified atom stereocenters. The summed E-state index contributed by atoms with van der Waals surface area (Å²) in [6.45, 7) is 6.57. The van der Waals surface area contributed by atoms with Gasteiger partial charge in [-0.1, -0.05) is 43.8 Å². The Bertz CT molecular complexity index is 954. The van der Waals surface area contributed by atoms with Crippen LogP contribution in [-0.4, -0.2) is 32.0 Å². The Hall–Kier alpha value is -3.07. The summed E-state index contributed by atoms with van der Waals surface area (Å²) in [7, 11) is 0. The SMILES string of the molecule is CC(C)Cn1c(SC(C)C(=O)NC(=O)Nc2ccccc2)nnc1-c1ccco1. The van der Waals surface area contributed by atoms with Crippen LogP contribution in [0.2, 0.25) is 0 Å². The molecule has 3 amide bonds. The van der Waals surface area contributed by atoms with Crippen LogP contribution in [0, 0.1) is 5.92 Å². The average molecular weight is 414 g/mol. The molecule has 2 heterocycles. The lowest BCUT2D eigenvalue weighted by Gasteiger charge is -2.14. The third-order valence-electron chi connectivity index (χ3n) is 3.93. The van der Waals surface area contributed by atoms with Gasteiger partial charge in [0.1, 0.15) is 0 Å². The zero-order chi connectivity index (χ0) is 20.8. The quantitative estimate of drug-likeness (QED) is 0.567. The summed E-state index contributed by atoms with van der Waals surface area (Å²) in [4.78, 5) is 24.5. The minimum atomic E-state index is -0.575. The van der Waals surface area contributed by atoms with Crippen molar-refractivity contribution in [3.8, 4) is 11.6 Å². The van der Waals surface area contributed by atoms with Crippen molar-refractivity contribution in [3.05, 3.63) is 48.7 Å². The molecule has 8 nitrogen and oxygen atoms in total. The van der Waals surface area contributed by atoms with Crippen molar-refractivity contribution >= 4 is 29.4 Å². The normalized spacial score (nSPS) is 12.0. The number of thioether (sulfide) groups is 1. The first-order chi connectivity index (χ1) is 13.9. The molecular weight excluding hydrogens is 390 g/mol.